The third kappa shape index (κ3) is 6.47. The number of amides is 2. The molecular weight excluding hydrogens is 441 g/mol. The van der Waals surface area contributed by atoms with Crippen molar-refractivity contribution in [2.75, 3.05) is 23.3 Å². The zero-order valence-corrected chi connectivity index (χ0v) is 20.3. The second-order valence-corrected chi connectivity index (χ2v) is 9.36. The second-order valence-electron chi connectivity index (χ2n) is 9.36. The van der Waals surface area contributed by atoms with E-state index in [0.717, 1.165) is 42.7 Å². The van der Waals surface area contributed by atoms with Crippen LogP contribution in [0, 0.1) is 11.7 Å². The van der Waals surface area contributed by atoms with Crippen LogP contribution in [0.3, 0.4) is 0 Å². The molecule has 2 amide bonds. The zero-order chi connectivity index (χ0) is 24.8. The smallest absolute Gasteiger partial charge is 0.253 e. The van der Waals surface area contributed by atoms with E-state index >= 15 is 0 Å². The highest BCUT2D eigenvalue weighted by Crippen LogP contribution is 2.29. The Morgan fingerprint density at radius 3 is 2.37 bits per heavy atom. The summed E-state index contributed by atoms with van der Waals surface area (Å²) in [6, 6.07) is 21.1. The standard InChI is InChI=1S/C29H32FN3O2/c1-20-14-16-33(17-15-20)27-13-12-25(32-28(34)18-22-8-10-24(30)11-9-22)19-26(27)29(35)31-21(2)23-6-4-3-5-7-23/h3-13,19-21H,14-18H2,1-2H3,(H,31,35)(H,32,34). The van der Waals surface area contributed by atoms with E-state index in [9.17, 15) is 14.0 Å². The molecule has 0 aromatic heterocycles. The van der Waals surface area contributed by atoms with E-state index in [1.165, 1.54) is 12.1 Å². The lowest BCUT2D eigenvalue weighted by Crippen LogP contribution is -2.35. The minimum absolute atomic E-state index is 0.124. The zero-order valence-electron chi connectivity index (χ0n) is 20.3. The molecule has 2 N–H and O–H groups in total. The molecule has 6 heteroatoms. The van der Waals surface area contributed by atoms with Crippen molar-refractivity contribution < 1.29 is 14.0 Å². The maximum Gasteiger partial charge on any atom is 0.253 e. The Morgan fingerprint density at radius 1 is 1.00 bits per heavy atom. The lowest BCUT2D eigenvalue weighted by molar-refractivity contribution is -0.115. The van der Waals surface area contributed by atoms with E-state index in [2.05, 4.69) is 22.5 Å². The fourth-order valence-corrected chi connectivity index (χ4v) is 4.41. The fourth-order valence-electron chi connectivity index (χ4n) is 4.41. The first kappa shape index (κ1) is 24.5. The molecule has 1 unspecified atom stereocenters. The largest absolute Gasteiger partial charge is 0.371 e. The van der Waals surface area contributed by atoms with Crippen LogP contribution >= 0.6 is 0 Å². The van der Waals surface area contributed by atoms with Gasteiger partial charge in [0.15, 0.2) is 0 Å². The molecule has 0 spiro atoms. The normalized spacial score (nSPS) is 14.9. The molecule has 0 saturated carbocycles. The molecule has 0 bridgehead atoms. The van der Waals surface area contributed by atoms with Crippen molar-refractivity contribution in [2.24, 2.45) is 5.92 Å². The van der Waals surface area contributed by atoms with Crippen LogP contribution in [0.15, 0.2) is 72.8 Å². The number of nitrogens with zero attached hydrogens (tertiary/aromatic N) is 1. The summed E-state index contributed by atoms with van der Waals surface area (Å²) < 4.78 is 13.2. The van der Waals surface area contributed by atoms with Gasteiger partial charge in [-0.05, 0) is 67.1 Å². The van der Waals surface area contributed by atoms with Crippen LogP contribution in [0.2, 0.25) is 0 Å². The third-order valence-corrected chi connectivity index (χ3v) is 6.57. The summed E-state index contributed by atoms with van der Waals surface area (Å²) in [7, 11) is 0. The minimum Gasteiger partial charge on any atom is -0.371 e. The molecule has 1 aliphatic heterocycles. The summed E-state index contributed by atoms with van der Waals surface area (Å²) in [4.78, 5) is 28.3. The first-order valence-electron chi connectivity index (χ1n) is 12.2. The van der Waals surface area contributed by atoms with E-state index in [4.69, 9.17) is 0 Å². The summed E-state index contributed by atoms with van der Waals surface area (Å²) in [5.74, 6) is -0.0614. The molecule has 4 rings (SSSR count). The van der Waals surface area contributed by atoms with E-state index in [-0.39, 0.29) is 30.1 Å². The Hall–Kier alpha value is -3.67. The lowest BCUT2D eigenvalue weighted by Gasteiger charge is -2.33. The molecule has 3 aromatic carbocycles. The number of carbonyl (C=O) groups is 2. The first-order valence-corrected chi connectivity index (χ1v) is 12.2. The monoisotopic (exact) mass is 473 g/mol. The van der Waals surface area contributed by atoms with Crippen molar-refractivity contribution in [2.45, 2.75) is 39.2 Å². The van der Waals surface area contributed by atoms with Gasteiger partial charge < -0.3 is 15.5 Å². The van der Waals surface area contributed by atoms with Gasteiger partial charge in [-0.1, -0.05) is 49.4 Å². The second kappa shape index (κ2) is 11.2. The molecule has 0 radical (unpaired) electrons. The Bertz CT molecular complexity index is 1160. The fraction of sp³-hybridized carbons (Fsp3) is 0.310. The highest BCUT2D eigenvalue weighted by Gasteiger charge is 2.23. The quantitative estimate of drug-likeness (QED) is 0.460. The van der Waals surface area contributed by atoms with Gasteiger partial charge in [0.1, 0.15) is 5.82 Å². The van der Waals surface area contributed by atoms with Crippen LogP contribution < -0.4 is 15.5 Å². The van der Waals surface area contributed by atoms with Crippen LogP contribution in [0.1, 0.15) is 54.2 Å². The van der Waals surface area contributed by atoms with Crippen molar-refractivity contribution in [3.8, 4) is 0 Å². The van der Waals surface area contributed by atoms with Gasteiger partial charge >= 0.3 is 0 Å². The van der Waals surface area contributed by atoms with Crippen molar-refractivity contribution in [3.63, 3.8) is 0 Å². The van der Waals surface area contributed by atoms with Crippen molar-refractivity contribution in [1.29, 1.82) is 0 Å². The van der Waals surface area contributed by atoms with E-state index in [1.807, 2.05) is 49.4 Å². The van der Waals surface area contributed by atoms with E-state index in [1.54, 1.807) is 18.2 Å². The third-order valence-electron chi connectivity index (χ3n) is 6.57. The van der Waals surface area contributed by atoms with Gasteiger partial charge in [-0.3, -0.25) is 9.59 Å². The SMILES string of the molecule is CC1CCN(c2ccc(NC(=O)Cc3ccc(F)cc3)cc2C(=O)NC(C)c2ccccc2)CC1. The molecule has 1 fully saturated rings. The van der Waals surface area contributed by atoms with Crippen LogP contribution in [0.25, 0.3) is 0 Å². The van der Waals surface area contributed by atoms with Gasteiger partial charge in [-0.15, -0.1) is 0 Å². The summed E-state index contributed by atoms with van der Waals surface area (Å²) in [5.41, 5.74) is 3.73. The molecule has 1 aliphatic rings. The van der Waals surface area contributed by atoms with Gasteiger partial charge in [-0.25, -0.2) is 4.39 Å². The molecule has 0 aliphatic carbocycles. The van der Waals surface area contributed by atoms with Crippen LogP contribution in [0.5, 0.6) is 0 Å². The lowest BCUT2D eigenvalue weighted by atomic mass is 9.97. The molecule has 1 atom stereocenters. The average molecular weight is 474 g/mol. The summed E-state index contributed by atoms with van der Waals surface area (Å²) >= 11 is 0. The number of halogens is 1. The number of hydrogen-bond acceptors (Lipinski definition) is 3. The predicted octanol–water partition coefficient (Wildman–Crippen LogP) is 5.73. The number of hydrogen-bond donors (Lipinski definition) is 2. The van der Waals surface area contributed by atoms with Gasteiger partial charge in [0, 0.05) is 24.5 Å². The summed E-state index contributed by atoms with van der Waals surface area (Å²) in [6.07, 6.45) is 2.29. The van der Waals surface area contributed by atoms with Crippen LogP contribution in [-0.4, -0.2) is 24.9 Å². The molecule has 1 saturated heterocycles. The average Bonchev–Trinajstić information content (AvgIpc) is 2.86. The van der Waals surface area contributed by atoms with Crippen LogP contribution in [0.4, 0.5) is 15.8 Å². The molecule has 35 heavy (non-hydrogen) atoms. The number of rotatable bonds is 7. The Labute approximate surface area is 206 Å². The Morgan fingerprint density at radius 2 is 1.69 bits per heavy atom. The van der Waals surface area contributed by atoms with Crippen molar-refractivity contribution in [3.05, 3.63) is 95.3 Å². The number of carbonyl (C=O) groups excluding carboxylic acids is 2. The highest BCUT2D eigenvalue weighted by atomic mass is 19.1. The highest BCUT2D eigenvalue weighted by molar-refractivity contribution is 6.02. The number of piperidine rings is 1. The maximum absolute atomic E-state index is 13.4. The Balaban J connectivity index is 1.54. The number of nitrogens with one attached hydrogen (secondary N) is 2. The number of anilines is 2. The summed E-state index contributed by atoms with van der Waals surface area (Å²) in [5, 5.41) is 6.00. The molecule has 182 valence electrons. The number of benzene rings is 3. The van der Waals surface area contributed by atoms with Crippen molar-refractivity contribution in [1.82, 2.24) is 5.32 Å². The Kier molecular flexibility index (Phi) is 7.80. The van der Waals surface area contributed by atoms with Crippen molar-refractivity contribution >= 4 is 23.2 Å². The topological polar surface area (TPSA) is 61.4 Å². The predicted molar refractivity (Wildman–Crippen MR) is 138 cm³/mol. The van der Waals surface area contributed by atoms with Gasteiger partial charge in [-0.2, -0.15) is 0 Å². The van der Waals surface area contributed by atoms with Gasteiger partial charge in [0.25, 0.3) is 5.91 Å². The molecule has 1 heterocycles. The molecule has 5 nitrogen and oxygen atoms in total. The minimum atomic E-state index is -0.336. The maximum atomic E-state index is 13.4. The van der Waals surface area contributed by atoms with Gasteiger partial charge in [0.2, 0.25) is 5.91 Å². The molecule has 3 aromatic rings. The first-order chi connectivity index (χ1) is 16.9. The summed E-state index contributed by atoms with van der Waals surface area (Å²) in [6.45, 7) is 6.01. The van der Waals surface area contributed by atoms with Crippen LogP contribution in [-0.2, 0) is 11.2 Å². The van der Waals surface area contributed by atoms with E-state index < -0.39 is 0 Å². The van der Waals surface area contributed by atoms with E-state index in [0.29, 0.717) is 17.2 Å². The van der Waals surface area contributed by atoms with Gasteiger partial charge in [0.05, 0.1) is 18.0 Å². The molecular formula is C29H32FN3O2.